The molecule has 88 valence electrons. The average molecular weight is 239 g/mol. The lowest BCUT2D eigenvalue weighted by Gasteiger charge is -1.96. The number of hydrogen-bond acceptors (Lipinski definition) is 3. The number of fused-ring (bicyclic) bond motifs is 1. The standard InChI is InChI=1S/C14H9NO3/c16-9-5-6-18-10(7-9)8-12-11-3-1-2-4-13(11)15-14(12)17/h1-8H,(H,15,17)/b12-8+. The van der Waals surface area contributed by atoms with E-state index in [-0.39, 0.29) is 11.3 Å². The molecule has 0 bridgehead atoms. The van der Waals surface area contributed by atoms with E-state index in [0.717, 1.165) is 11.3 Å². The van der Waals surface area contributed by atoms with Gasteiger partial charge < -0.3 is 9.73 Å². The third-order valence-electron chi connectivity index (χ3n) is 2.72. The van der Waals surface area contributed by atoms with Gasteiger partial charge in [0.15, 0.2) is 5.43 Å². The molecule has 0 saturated heterocycles. The first-order chi connectivity index (χ1) is 8.74. The van der Waals surface area contributed by atoms with Crippen LogP contribution in [0.4, 0.5) is 5.69 Å². The summed E-state index contributed by atoms with van der Waals surface area (Å²) in [5.74, 6) is 0.173. The quantitative estimate of drug-likeness (QED) is 0.775. The molecule has 1 aliphatic heterocycles. The Bertz CT molecular complexity index is 713. The van der Waals surface area contributed by atoms with Gasteiger partial charge in [0.2, 0.25) is 0 Å². The van der Waals surface area contributed by atoms with E-state index in [2.05, 4.69) is 5.32 Å². The predicted molar refractivity (Wildman–Crippen MR) is 67.9 cm³/mol. The highest BCUT2D eigenvalue weighted by Gasteiger charge is 2.23. The fraction of sp³-hybridized carbons (Fsp3) is 0. The lowest BCUT2D eigenvalue weighted by atomic mass is 10.1. The van der Waals surface area contributed by atoms with Crippen molar-refractivity contribution in [2.24, 2.45) is 0 Å². The summed E-state index contributed by atoms with van der Waals surface area (Å²) >= 11 is 0. The molecule has 1 amide bonds. The van der Waals surface area contributed by atoms with Crippen molar-refractivity contribution in [3.8, 4) is 0 Å². The summed E-state index contributed by atoms with van der Waals surface area (Å²) in [6.45, 7) is 0. The van der Waals surface area contributed by atoms with Crippen LogP contribution in [-0.4, -0.2) is 5.91 Å². The SMILES string of the molecule is O=C1Nc2ccccc2/C1=C\c1cc(=O)cco1. The zero-order chi connectivity index (χ0) is 12.5. The number of hydrogen-bond donors (Lipinski definition) is 1. The second-order valence-electron chi connectivity index (χ2n) is 3.93. The number of carbonyl (C=O) groups excluding carboxylic acids is 1. The van der Waals surface area contributed by atoms with E-state index in [1.54, 1.807) is 6.08 Å². The van der Waals surface area contributed by atoms with E-state index in [9.17, 15) is 9.59 Å². The smallest absolute Gasteiger partial charge is 0.256 e. The Balaban J connectivity index is 2.12. The molecule has 2 aromatic rings. The fourth-order valence-corrected chi connectivity index (χ4v) is 1.90. The Morgan fingerprint density at radius 2 is 1.94 bits per heavy atom. The number of para-hydroxylation sites is 1. The predicted octanol–water partition coefficient (Wildman–Crippen LogP) is 2.13. The van der Waals surface area contributed by atoms with Crippen molar-refractivity contribution in [2.45, 2.75) is 0 Å². The maximum atomic E-state index is 11.8. The molecule has 4 heteroatoms. The minimum Gasteiger partial charge on any atom is -0.465 e. The lowest BCUT2D eigenvalue weighted by molar-refractivity contribution is -0.110. The van der Waals surface area contributed by atoms with Crippen LogP contribution in [-0.2, 0) is 4.79 Å². The molecule has 0 spiro atoms. The van der Waals surface area contributed by atoms with Gasteiger partial charge in [-0.25, -0.2) is 0 Å². The van der Waals surface area contributed by atoms with Gasteiger partial charge in [0, 0.05) is 23.4 Å². The van der Waals surface area contributed by atoms with Crippen LogP contribution in [0.15, 0.2) is 51.9 Å². The molecule has 0 fully saturated rings. The summed E-state index contributed by atoms with van der Waals surface area (Å²) in [4.78, 5) is 23.0. The molecule has 1 aromatic heterocycles. The largest absolute Gasteiger partial charge is 0.465 e. The van der Waals surface area contributed by atoms with Crippen molar-refractivity contribution in [3.63, 3.8) is 0 Å². The Labute approximate surface area is 103 Å². The first-order valence-corrected chi connectivity index (χ1v) is 5.45. The van der Waals surface area contributed by atoms with Crippen molar-refractivity contribution in [1.29, 1.82) is 0 Å². The van der Waals surface area contributed by atoms with E-state index in [1.807, 2.05) is 24.3 Å². The summed E-state index contributed by atoms with van der Waals surface area (Å²) in [5.41, 5.74) is 1.93. The van der Waals surface area contributed by atoms with E-state index < -0.39 is 0 Å². The van der Waals surface area contributed by atoms with E-state index in [1.165, 1.54) is 18.4 Å². The van der Waals surface area contributed by atoms with Crippen molar-refractivity contribution in [3.05, 3.63) is 64.2 Å². The topological polar surface area (TPSA) is 59.3 Å². The number of carbonyl (C=O) groups is 1. The molecule has 0 atom stereocenters. The first-order valence-electron chi connectivity index (χ1n) is 5.45. The lowest BCUT2D eigenvalue weighted by Crippen LogP contribution is -2.04. The summed E-state index contributed by atoms with van der Waals surface area (Å²) in [5, 5.41) is 2.76. The molecular formula is C14H9NO3. The zero-order valence-corrected chi connectivity index (χ0v) is 9.34. The molecule has 18 heavy (non-hydrogen) atoms. The maximum Gasteiger partial charge on any atom is 0.256 e. The first kappa shape index (κ1) is 10.5. The van der Waals surface area contributed by atoms with Crippen LogP contribution in [0.3, 0.4) is 0 Å². The van der Waals surface area contributed by atoms with Gasteiger partial charge >= 0.3 is 0 Å². The Morgan fingerprint density at radius 3 is 2.78 bits per heavy atom. The van der Waals surface area contributed by atoms with E-state index >= 15 is 0 Å². The molecule has 1 N–H and O–H groups in total. The highest BCUT2D eigenvalue weighted by atomic mass is 16.3. The third-order valence-corrected chi connectivity index (χ3v) is 2.72. The molecule has 2 heterocycles. The van der Waals surface area contributed by atoms with Crippen molar-refractivity contribution in [2.75, 3.05) is 5.32 Å². The Kier molecular flexibility index (Phi) is 2.34. The number of nitrogens with one attached hydrogen (secondary N) is 1. The summed E-state index contributed by atoms with van der Waals surface area (Å²) in [7, 11) is 0. The maximum absolute atomic E-state index is 11.8. The van der Waals surface area contributed by atoms with E-state index in [4.69, 9.17) is 4.42 Å². The third kappa shape index (κ3) is 1.73. The van der Waals surface area contributed by atoms with Crippen LogP contribution < -0.4 is 10.7 Å². The number of anilines is 1. The van der Waals surface area contributed by atoms with Crippen LogP contribution in [0.5, 0.6) is 0 Å². The van der Waals surface area contributed by atoms with Gasteiger partial charge in [-0.15, -0.1) is 0 Å². The molecule has 0 saturated carbocycles. The molecular weight excluding hydrogens is 230 g/mol. The van der Waals surface area contributed by atoms with Crippen molar-refractivity contribution < 1.29 is 9.21 Å². The van der Waals surface area contributed by atoms with Gasteiger partial charge in [0.05, 0.1) is 11.8 Å². The van der Waals surface area contributed by atoms with Crippen molar-refractivity contribution >= 4 is 23.2 Å². The molecule has 1 aromatic carbocycles. The molecule has 0 unspecified atom stereocenters. The van der Waals surface area contributed by atoms with Crippen molar-refractivity contribution in [1.82, 2.24) is 0 Å². The second kappa shape index (κ2) is 4.00. The molecule has 4 nitrogen and oxygen atoms in total. The van der Waals surface area contributed by atoms with E-state index in [0.29, 0.717) is 11.3 Å². The monoisotopic (exact) mass is 239 g/mol. The molecule has 0 radical (unpaired) electrons. The fourth-order valence-electron chi connectivity index (χ4n) is 1.90. The van der Waals surface area contributed by atoms with Gasteiger partial charge in [-0.05, 0) is 12.1 Å². The van der Waals surface area contributed by atoms with Gasteiger partial charge in [-0.3, -0.25) is 9.59 Å². The zero-order valence-electron chi connectivity index (χ0n) is 9.34. The second-order valence-corrected chi connectivity index (χ2v) is 3.93. The van der Waals surface area contributed by atoms with Gasteiger partial charge in [-0.2, -0.15) is 0 Å². The summed E-state index contributed by atoms with van der Waals surface area (Å²) in [6.07, 6.45) is 2.88. The molecule has 1 aliphatic rings. The van der Waals surface area contributed by atoms with Crippen LogP contribution in [0, 0.1) is 0 Å². The number of amides is 1. The van der Waals surface area contributed by atoms with Crippen LogP contribution >= 0.6 is 0 Å². The van der Waals surface area contributed by atoms with Crippen LogP contribution in [0.1, 0.15) is 11.3 Å². The Morgan fingerprint density at radius 1 is 1.11 bits per heavy atom. The van der Waals surface area contributed by atoms with Gasteiger partial charge in [-0.1, -0.05) is 18.2 Å². The van der Waals surface area contributed by atoms with Gasteiger partial charge in [0.1, 0.15) is 5.76 Å². The summed E-state index contributed by atoms with van der Waals surface area (Å²) in [6, 6.07) is 10.1. The Hall–Kier alpha value is -2.62. The normalized spacial score (nSPS) is 15.6. The van der Waals surface area contributed by atoms with Crippen LogP contribution in [0.25, 0.3) is 11.6 Å². The average Bonchev–Trinajstić information content (AvgIpc) is 2.66. The molecule has 3 rings (SSSR count). The number of rotatable bonds is 1. The number of benzene rings is 1. The minimum absolute atomic E-state index is 0.153. The van der Waals surface area contributed by atoms with Gasteiger partial charge in [0.25, 0.3) is 5.91 Å². The summed E-state index contributed by atoms with van der Waals surface area (Å²) < 4.78 is 5.18. The highest BCUT2D eigenvalue weighted by molar-refractivity contribution is 6.34. The molecule has 0 aliphatic carbocycles. The minimum atomic E-state index is -0.192. The van der Waals surface area contributed by atoms with Crippen LogP contribution in [0.2, 0.25) is 0 Å². The highest BCUT2D eigenvalue weighted by Crippen LogP contribution is 2.32.